The van der Waals surface area contributed by atoms with Crippen LogP contribution in [0.15, 0.2) is 145 Å². The van der Waals surface area contributed by atoms with E-state index in [-0.39, 0.29) is 0 Å². The topological polar surface area (TPSA) is 0 Å². The molecule has 0 saturated heterocycles. The number of hydrogen-bond acceptors (Lipinski definition) is 1. The second-order valence-corrected chi connectivity index (χ2v) is 15.5. The number of thiophene rings is 1. The molecule has 1 aliphatic rings. The van der Waals surface area contributed by atoms with Gasteiger partial charge in [-0.05, 0) is 85.6 Å². The summed E-state index contributed by atoms with van der Waals surface area (Å²) in [4.78, 5) is 0. The molecule has 1 aliphatic carbocycles. The minimum Gasteiger partial charge on any atom is -0.135 e. The van der Waals surface area contributed by atoms with Crippen molar-refractivity contribution in [2.24, 2.45) is 0 Å². The van der Waals surface area contributed by atoms with Gasteiger partial charge in [-0.15, -0.1) is 23.7 Å². The van der Waals surface area contributed by atoms with E-state index in [4.69, 9.17) is 6.42 Å². The molecular weight excluding hydrogens is 550 g/mol. The Balaban J connectivity index is 1.42. The van der Waals surface area contributed by atoms with E-state index in [1.54, 1.807) is 0 Å². The lowest BCUT2D eigenvalue weighted by Gasteiger charge is -2.22. The van der Waals surface area contributed by atoms with Crippen LogP contribution in [-0.2, 0) is 0 Å². The average Bonchev–Trinajstić information content (AvgIpc) is 3.40. The van der Waals surface area contributed by atoms with Crippen LogP contribution in [0.25, 0.3) is 20.2 Å². The van der Waals surface area contributed by atoms with Crippen molar-refractivity contribution in [3.63, 3.8) is 0 Å². The molecule has 1 aromatic heterocycles. The van der Waals surface area contributed by atoms with Gasteiger partial charge in [0.15, 0.2) is 0 Å². The molecule has 0 spiro atoms. The second kappa shape index (κ2) is 13.4. The highest BCUT2D eigenvalue weighted by Gasteiger charge is 2.20. The van der Waals surface area contributed by atoms with E-state index in [1.807, 2.05) is 17.4 Å². The Kier molecular flexibility index (Phi) is 9.05. The van der Waals surface area contributed by atoms with Gasteiger partial charge in [0.1, 0.15) is 0 Å². The number of terminal acetylenes is 1. The molecule has 0 saturated carbocycles. The summed E-state index contributed by atoms with van der Waals surface area (Å²) < 4.78 is 2.72. The van der Waals surface area contributed by atoms with Crippen molar-refractivity contribution in [1.82, 2.24) is 0 Å². The molecule has 6 rings (SSSR count). The van der Waals surface area contributed by atoms with Crippen molar-refractivity contribution in [1.29, 1.82) is 0 Å². The number of fused-ring (bicyclic) bond motifs is 3. The third-order valence-electron chi connectivity index (χ3n) is 7.23. The Morgan fingerprint density at radius 3 is 2.05 bits per heavy atom. The first-order valence-corrected chi connectivity index (χ1v) is 17.8. The lowest BCUT2D eigenvalue weighted by molar-refractivity contribution is 1.03. The molecule has 0 aliphatic heterocycles. The first-order chi connectivity index (χ1) is 20.3. The summed E-state index contributed by atoms with van der Waals surface area (Å²) in [5, 5.41) is 9.88. The van der Waals surface area contributed by atoms with E-state index >= 15 is 0 Å². The second-order valence-electron chi connectivity index (χ2n) is 9.95. The summed E-state index contributed by atoms with van der Waals surface area (Å²) in [7, 11) is -1.12. The first-order valence-electron chi connectivity index (χ1n) is 14.1. The minimum absolute atomic E-state index is 0.522. The molecule has 0 amide bonds. The average molecular weight is 583 g/mol. The fraction of sp³-hybridized carbons (Fsp3) is 0.105. The van der Waals surface area contributed by atoms with Crippen molar-refractivity contribution < 1.29 is 0 Å². The number of benzene rings is 4. The zero-order valence-electron chi connectivity index (χ0n) is 23.0. The van der Waals surface area contributed by atoms with E-state index in [2.05, 4.69) is 139 Å². The lowest BCUT2D eigenvalue weighted by atomic mass is 10.1. The van der Waals surface area contributed by atoms with Gasteiger partial charge < -0.3 is 0 Å². The predicted octanol–water partition coefficient (Wildman–Crippen LogP) is 9.29. The van der Waals surface area contributed by atoms with Gasteiger partial charge in [0.25, 0.3) is 0 Å². The fourth-order valence-electron chi connectivity index (χ4n) is 5.28. The molecule has 0 nitrogen and oxygen atoms in total. The smallest absolute Gasteiger partial charge is 0.0355 e. The van der Waals surface area contributed by atoms with Crippen LogP contribution in [0.1, 0.15) is 19.3 Å². The molecule has 0 N–H and O–H groups in total. The lowest BCUT2D eigenvalue weighted by Crippen LogP contribution is -2.13. The molecule has 4 aromatic carbocycles. The SMILES string of the molecule is C#CC/C=C\C=C/C[P@@](c1ccccc1)c1ccc2sc3ccc([P@](C4=CCCC=C4)c4ccccc4)cc3c2c1. The number of allylic oxidation sites excluding steroid dienone is 8. The van der Waals surface area contributed by atoms with Crippen LogP contribution in [0, 0.1) is 12.3 Å². The van der Waals surface area contributed by atoms with Crippen molar-refractivity contribution >= 4 is 68.6 Å². The maximum Gasteiger partial charge on any atom is 0.0355 e. The van der Waals surface area contributed by atoms with E-state index in [0.29, 0.717) is 6.42 Å². The Morgan fingerprint density at radius 2 is 1.37 bits per heavy atom. The molecule has 2 atom stereocenters. The molecule has 5 aromatic rings. The third-order valence-corrected chi connectivity index (χ3v) is 13.2. The van der Waals surface area contributed by atoms with Crippen LogP contribution in [0.3, 0.4) is 0 Å². The van der Waals surface area contributed by atoms with Crippen LogP contribution >= 0.6 is 27.2 Å². The quantitative estimate of drug-likeness (QED) is 0.0923. The van der Waals surface area contributed by atoms with Crippen LogP contribution in [0.2, 0.25) is 0 Å². The molecule has 0 fully saturated rings. The molecule has 200 valence electrons. The normalized spacial score (nSPS) is 15.0. The van der Waals surface area contributed by atoms with E-state index in [1.165, 1.54) is 46.7 Å². The standard InChI is InChI=1S/C38H32P2S/c1-2-3-4-5-6-16-27-39(30-17-10-7-11-18-30)33-23-25-37-35(28-33)36-29-34(24-26-38(36)41-37)40(31-19-12-8-13-20-31)32-21-14-9-15-22-32/h1,4-8,10-14,16-26,28-29H,3,9,15,27H2/b5-4-,16-6-/t39-,40-/m0/s1. The van der Waals surface area contributed by atoms with Gasteiger partial charge in [-0.3, -0.25) is 0 Å². The molecule has 3 heteroatoms. The van der Waals surface area contributed by atoms with Gasteiger partial charge in [-0.2, -0.15) is 0 Å². The van der Waals surface area contributed by atoms with Gasteiger partial charge in [0.05, 0.1) is 0 Å². The molecule has 0 bridgehead atoms. The summed E-state index contributed by atoms with van der Waals surface area (Å²) in [6, 6.07) is 36.4. The predicted molar refractivity (Wildman–Crippen MR) is 188 cm³/mol. The highest BCUT2D eigenvalue weighted by molar-refractivity contribution is 7.77. The molecule has 1 heterocycles. The fourth-order valence-corrected chi connectivity index (χ4v) is 10.9. The molecule has 41 heavy (non-hydrogen) atoms. The van der Waals surface area contributed by atoms with Crippen LogP contribution in [0.4, 0.5) is 0 Å². The van der Waals surface area contributed by atoms with Gasteiger partial charge in [-0.1, -0.05) is 115 Å². The highest BCUT2D eigenvalue weighted by Crippen LogP contribution is 2.46. The van der Waals surface area contributed by atoms with Crippen molar-refractivity contribution in [2.45, 2.75) is 19.3 Å². The van der Waals surface area contributed by atoms with E-state index < -0.39 is 15.8 Å². The van der Waals surface area contributed by atoms with Crippen LogP contribution < -0.4 is 21.2 Å². The van der Waals surface area contributed by atoms with E-state index in [0.717, 1.165) is 19.0 Å². The largest absolute Gasteiger partial charge is 0.135 e. The summed E-state index contributed by atoms with van der Waals surface area (Å²) in [5.41, 5.74) is 0. The summed E-state index contributed by atoms with van der Waals surface area (Å²) >= 11 is 1.91. The maximum atomic E-state index is 5.39. The summed E-state index contributed by atoms with van der Waals surface area (Å²) in [5.74, 6) is 2.67. The van der Waals surface area contributed by atoms with Gasteiger partial charge in [0, 0.05) is 26.6 Å². The molecule has 0 radical (unpaired) electrons. The van der Waals surface area contributed by atoms with E-state index in [9.17, 15) is 0 Å². The summed E-state index contributed by atoms with van der Waals surface area (Å²) in [6.07, 6.45) is 25.0. The highest BCUT2D eigenvalue weighted by atomic mass is 32.1. The Morgan fingerprint density at radius 1 is 0.707 bits per heavy atom. The third kappa shape index (κ3) is 6.38. The zero-order chi connectivity index (χ0) is 27.9. The molecular formula is C38H32P2S. The summed E-state index contributed by atoms with van der Waals surface area (Å²) in [6.45, 7) is 0. The van der Waals surface area contributed by atoms with Crippen LogP contribution in [0.5, 0.6) is 0 Å². The molecule has 0 unspecified atom stereocenters. The maximum absolute atomic E-state index is 5.39. The monoisotopic (exact) mass is 582 g/mol. The van der Waals surface area contributed by atoms with Crippen molar-refractivity contribution in [2.75, 3.05) is 6.16 Å². The van der Waals surface area contributed by atoms with Gasteiger partial charge >= 0.3 is 0 Å². The van der Waals surface area contributed by atoms with Crippen LogP contribution in [-0.4, -0.2) is 6.16 Å². The van der Waals surface area contributed by atoms with Gasteiger partial charge in [-0.25, -0.2) is 0 Å². The minimum atomic E-state index is -0.595. The Hall–Kier alpha value is -3.52. The van der Waals surface area contributed by atoms with Crippen molar-refractivity contribution in [3.05, 3.63) is 145 Å². The Labute approximate surface area is 250 Å². The number of hydrogen-bond donors (Lipinski definition) is 0. The first kappa shape index (κ1) is 27.6. The zero-order valence-corrected chi connectivity index (χ0v) is 25.6. The number of rotatable bonds is 9. The van der Waals surface area contributed by atoms with Crippen molar-refractivity contribution in [3.8, 4) is 12.3 Å². The van der Waals surface area contributed by atoms with Gasteiger partial charge in [0.2, 0.25) is 0 Å². The Bertz CT molecular complexity index is 1800.